The van der Waals surface area contributed by atoms with Gasteiger partial charge in [0.15, 0.2) is 0 Å². The maximum absolute atomic E-state index is 11.4. The van der Waals surface area contributed by atoms with Crippen LogP contribution in [0.2, 0.25) is 0 Å². The molecule has 0 saturated carbocycles. The summed E-state index contributed by atoms with van der Waals surface area (Å²) in [5.74, 6) is -0.0340. The van der Waals surface area contributed by atoms with Crippen molar-refractivity contribution in [3.05, 3.63) is 27.3 Å². The molecule has 0 radical (unpaired) electrons. The Kier molecular flexibility index (Phi) is 4.67. The van der Waals surface area contributed by atoms with E-state index in [2.05, 4.69) is 21.2 Å². The minimum absolute atomic E-state index is 0.136. The molecular weight excluding hydrogens is 361 g/mol. The highest BCUT2D eigenvalue weighted by atomic mass is 127. The van der Waals surface area contributed by atoms with Gasteiger partial charge in [0.2, 0.25) is 0 Å². The van der Waals surface area contributed by atoms with Crippen LogP contribution in [0.4, 0.5) is 0 Å². The fraction of sp³-hybridized carbons (Fsp3) is 0.222. The third-order valence-electron chi connectivity index (χ3n) is 1.59. The molecule has 0 heterocycles. The first-order valence-corrected chi connectivity index (χ1v) is 6.18. The van der Waals surface area contributed by atoms with Crippen LogP contribution in [0.3, 0.4) is 0 Å². The van der Waals surface area contributed by atoms with Gasteiger partial charge in [-0.25, -0.2) is 0 Å². The third kappa shape index (κ3) is 3.13. The maximum Gasteiger partial charge on any atom is 0.251 e. The van der Waals surface area contributed by atoms with Crippen LogP contribution in [0.25, 0.3) is 0 Å². The summed E-state index contributed by atoms with van der Waals surface area (Å²) >= 11 is 5.22. The van der Waals surface area contributed by atoms with Crippen molar-refractivity contribution in [1.82, 2.24) is 5.32 Å². The van der Waals surface area contributed by atoms with E-state index in [0.717, 1.165) is 8.90 Å². The predicted octanol–water partition coefficient (Wildman–Crippen LogP) is 2.12. The van der Waals surface area contributed by atoms with E-state index in [1.165, 1.54) is 6.07 Å². The van der Waals surface area contributed by atoms with Crippen molar-refractivity contribution in [3.8, 4) is 5.75 Å². The Hall–Kier alpha value is -0.300. The van der Waals surface area contributed by atoms with E-state index in [-0.39, 0.29) is 11.7 Å². The second-order valence-corrected chi connectivity index (χ2v) is 4.57. The molecule has 76 valence electrons. The lowest BCUT2D eigenvalue weighted by atomic mass is 10.2. The summed E-state index contributed by atoms with van der Waals surface area (Å²) in [5.41, 5.74) is 0.476. The number of aromatic hydroxyl groups is 1. The van der Waals surface area contributed by atoms with Gasteiger partial charge in [0.05, 0.1) is 3.57 Å². The third-order valence-corrected chi connectivity index (χ3v) is 2.90. The van der Waals surface area contributed by atoms with E-state index in [1.54, 1.807) is 12.1 Å². The smallest absolute Gasteiger partial charge is 0.251 e. The van der Waals surface area contributed by atoms with Gasteiger partial charge in [-0.05, 0) is 40.8 Å². The van der Waals surface area contributed by atoms with Crippen LogP contribution in [0.15, 0.2) is 18.2 Å². The summed E-state index contributed by atoms with van der Waals surface area (Å²) in [4.78, 5) is 11.4. The molecule has 14 heavy (non-hydrogen) atoms. The van der Waals surface area contributed by atoms with Gasteiger partial charge in [-0.15, -0.1) is 0 Å². The minimum Gasteiger partial charge on any atom is -0.507 e. The number of hydrogen-bond donors (Lipinski definition) is 2. The number of amides is 1. The Balaban J connectivity index is 2.76. The van der Waals surface area contributed by atoms with Crippen LogP contribution in [-0.2, 0) is 0 Å². The highest BCUT2D eigenvalue weighted by molar-refractivity contribution is 14.1. The molecule has 0 unspecified atom stereocenters. The van der Waals surface area contributed by atoms with Gasteiger partial charge >= 0.3 is 0 Å². The number of alkyl halides is 1. The second kappa shape index (κ2) is 5.55. The van der Waals surface area contributed by atoms with Gasteiger partial charge in [-0.1, -0.05) is 15.9 Å². The van der Waals surface area contributed by atoms with Crippen LogP contribution in [-0.4, -0.2) is 22.9 Å². The molecular formula is C9H9BrINO2. The summed E-state index contributed by atoms with van der Waals surface area (Å²) in [7, 11) is 0. The lowest BCUT2D eigenvalue weighted by molar-refractivity contribution is 0.0956. The summed E-state index contributed by atoms with van der Waals surface area (Å²) < 4.78 is 0.736. The zero-order chi connectivity index (χ0) is 10.6. The SMILES string of the molecule is O=C(NCCBr)c1ccc(I)c(O)c1. The molecule has 0 aliphatic rings. The second-order valence-electron chi connectivity index (χ2n) is 2.61. The first-order chi connectivity index (χ1) is 6.65. The molecule has 0 aliphatic carbocycles. The monoisotopic (exact) mass is 369 g/mol. The number of nitrogens with one attached hydrogen (secondary N) is 1. The molecule has 2 N–H and O–H groups in total. The van der Waals surface area contributed by atoms with Gasteiger partial charge < -0.3 is 10.4 Å². The Bertz CT molecular complexity index is 344. The van der Waals surface area contributed by atoms with E-state index in [0.29, 0.717) is 12.1 Å². The summed E-state index contributed by atoms with van der Waals surface area (Å²) in [6, 6.07) is 4.86. The quantitative estimate of drug-likeness (QED) is 0.633. The van der Waals surface area contributed by atoms with Crippen molar-refractivity contribution in [1.29, 1.82) is 0 Å². The van der Waals surface area contributed by atoms with Crippen molar-refractivity contribution < 1.29 is 9.90 Å². The molecule has 0 fully saturated rings. The highest BCUT2D eigenvalue weighted by Crippen LogP contribution is 2.20. The molecule has 0 saturated heterocycles. The number of benzene rings is 1. The summed E-state index contributed by atoms with van der Waals surface area (Å²) in [6.45, 7) is 0.575. The number of halogens is 2. The standard InChI is InChI=1S/C9H9BrINO2/c10-3-4-12-9(14)6-1-2-7(11)8(13)5-6/h1-2,5,13H,3-4H2,(H,12,14). The van der Waals surface area contributed by atoms with E-state index >= 15 is 0 Å². The molecule has 1 amide bonds. The first-order valence-electron chi connectivity index (χ1n) is 3.98. The van der Waals surface area contributed by atoms with Crippen LogP contribution in [0, 0.1) is 3.57 Å². The average Bonchev–Trinajstić information content (AvgIpc) is 2.18. The summed E-state index contributed by atoms with van der Waals surface area (Å²) in [5, 5.41) is 12.8. The Morgan fingerprint density at radius 1 is 1.57 bits per heavy atom. The highest BCUT2D eigenvalue weighted by Gasteiger charge is 2.06. The molecule has 1 rings (SSSR count). The normalized spacial score (nSPS) is 9.86. The minimum atomic E-state index is -0.170. The largest absolute Gasteiger partial charge is 0.507 e. The van der Waals surface area contributed by atoms with Crippen molar-refractivity contribution in [3.63, 3.8) is 0 Å². The van der Waals surface area contributed by atoms with Crippen LogP contribution in [0.1, 0.15) is 10.4 Å². The lowest BCUT2D eigenvalue weighted by Crippen LogP contribution is -2.25. The molecule has 0 aliphatic heterocycles. The molecule has 0 atom stereocenters. The molecule has 0 bridgehead atoms. The number of hydrogen-bond acceptors (Lipinski definition) is 2. The average molecular weight is 370 g/mol. The number of carbonyl (C=O) groups excluding carboxylic acids is 1. The Labute approximate surface area is 104 Å². The van der Waals surface area contributed by atoms with Gasteiger partial charge in [-0.2, -0.15) is 0 Å². The molecule has 1 aromatic carbocycles. The van der Waals surface area contributed by atoms with Crippen molar-refractivity contribution in [2.75, 3.05) is 11.9 Å². The fourth-order valence-electron chi connectivity index (χ4n) is 0.917. The lowest BCUT2D eigenvalue weighted by Gasteiger charge is -2.04. The van der Waals surface area contributed by atoms with Gasteiger partial charge in [0.25, 0.3) is 5.91 Å². The fourth-order valence-corrected chi connectivity index (χ4v) is 1.45. The van der Waals surface area contributed by atoms with Gasteiger partial charge in [0, 0.05) is 17.4 Å². The van der Waals surface area contributed by atoms with Gasteiger partial charge in [0.1, 0.15) is 5.75 Å². The van der Waals surface area contributed by atoms with E-state index in [1.807, 2.05) is 22.6 Å². The van der Waals surface area contributed by atoms with Crippen LogP contribution in [0.5, 0.6) is 5.75 Å². The van der Waals surface area contributed by atoms with Crippen molar-refractivity contribution in [2.24, 2.45) is 0 Å². The number of carbonyl (C=O) groups is 1. The van der Waals surface area contributed by atoms with Crippen molar-refractivity contribution >= 4 is 44.4 Å². The Morgan fingerprint density at radius 2 is 2.29 bits per heavy atom. The number of phenolic OH excluding ortho intramolecular Hbond substituents is 1. The Morgan fingerprint density at radius 3 is 2.86 bits per heavy atom. The van der Waals surface area contributed by atoms with Crippen molar-refractivity contribution in [2.45, 2.75) is 0 Å². The van der Waals surface area contributed by atoms with Crippen LogP contribution >= 0.6 is 38.5 Å². The first kappa shape index (κ1) is 11.8. The van der Waals surface area contributed by atoms with Gasteiger partial charge in [-0.3, -0.25) is 4.79 Å². The molecule has 5 heteroatoms. The molecule has 1 aromatic rings. The number of rotatable bonds is 3. The molecule has 0 spiro atoms. The molecule has 0 aromatic heterocycles. The van der Waals surface area contributed by atoms with E-state index in [4.69, 9.17) is 0 Å². The zero-order valence-corrected chi connectivity index (χ0v) is 11.0. The van der Waals surface area contributed by atoms with E-state index in [9.17, 15) is 9.90 Å². The van der Waals surface area contributed by atoms with E-state index < -0.39 is 0 Å². The molecule has 3 nitrogen and oxygen atoms in total. The zero-order valence-electron chi connectivity index (χ0n) is 7.26. The topological polar surface area (TPSA) is 49.3 Å². The van der Waals surface area contributed by atoms with Crippen LogP contribution < -0.4 is 5.32 Å². The number of phenols is 1. The summed E-state index contributed by atoms with van der Waals surface area (Å²) in [6.07, 6.45) is 0. The predicted molar refractivity (Wildman–Crippen MR) is 67.0 cm³/mol. The maximum atomic E-state index is 11.4.